The van der Waals surface area contributed by atoms with Crippen LogP contribution in [0, 0.1) is 13.8 Å². The number of fused-ring (bicyclic) bond motifs is 1. The first kappa shape index (κ1) is 14.9. The summed E-state index contributed by atoms with van der Waals surface area (Å²) in [6.45, 7) is 4.20. The lowest BCUT2D eigenvalue weighted by atomic mass is 10.1. The van der Waals surface area contributed by atoms with E-state index < -0.39 is 0 Å². The van der Waals surface area contributed by atoms with E-state index in [-0.39, 0.29) is 5.91 Å². The first-order valence-electron chi connectivity index (χ1n) is 6.92. The van der Waals surface area contributed by atoms with E-state index in [1.807, 2.05) is 29.1 Å². The maximum Gasteiger partial charge on any atom is 0.272 e. The molecule has 0 bridgehead atoms. The fourth-order valence-corrected chi connectivity index (χ4v) is 4.01. The van der Waals surface area contributed by atoms with Crippen molar-refractivity contribution >= 4 is 44.9 Å². The number of benzene rings is 1. The number of carbonyl (C=O) groups is 1. The SMILES string of the molecule is Cc1ccc2sc(=NC(=O)C=Cc3cccs3)n(C)c2c1C. The Labute approximate surface area is 136 Å². The van der Waals surface area contributed by atoms with Crippen LogP contribution in [0.25, 0.3) is 16.3 Å². The van der Waals surface area contributed by atoms with Gasteiger partial charge < -0.3 is 4.57 Å². The van der Waals surface area contributed by atoms with Crippen LogP contribution in [0.15, 0.2) is 40.7 Å². The third-order valence-electron chi connectivity index (χ3n) is 3.63. The number of thiophene rings is 1. The topological polar surface area (TPSA) is 34.4 Å². The van der Waals surface area contributed by atoms with E-state index in [1.54, 1.807) is 28.7 Å². The highest BCUT2D eigenvalue weighted by molar-refractivity contribution is 7.16. The van der Waals surface area contributed by atoms with Gasteiger partial charge in [-0.2, -0.15) is 4.99 Å². The van der Waals surface area contributed by atoms with Crippen LogP contribution in [-0.2, 0) is 11.8 Å². The highest BCUT2D eigenvalue weighted by Gasteiger charge is 2.08. The van der Waals surface area contributed by atoms with Gasteiger partial charge in [0.1, 0.15) is 0 Å². The summed E-state index contributed by atoms with van der Waals surface area (Å²) in [5, 5.41) is 1.98. The van der Waals surface area contributed by atoms with E-state index in [0.717, 1.165) is 19.9 Å². The van der Waals surface area contributed by atoms with Gasteiger partial charge in [-0.25, -0.2) is 0 Å². The van der Waals surface area contributed by atoms with Crippen molar-refractivity contribution < 1.29 is 4.79 Å². The van der Waals surface area contributed by atoms with E-state index in [0.29, 0.717) is 0 Å². The number of carbonyl (C=O) groups excluding carboxylic acids is 1. The van der Waals surface area contributed by atoms with Crippen LogP contribution in [0.4, 0.5) is 0 Å². The van der Waals surface area contributed by atoms with Crippen LogP contribution >= 0.6 is 22.7 Å². The first-order chi connectivity index (χ1) is 10.6. The number of aromatic nitrogens is 1. The average Bonchev–Trinajstić information content (AvgIpc) is 3.10. The van der Waals surface area contributed by atoms with Crippen LogP contribution in [0.3, 0.4) is 0 Å². The molecule has 0 radical (unpaired) electrons. The van der Waals surface area contributed by atoms with Crippen molar-refractivity contribution in [2.45, 2.75) is 13.8 Å². The van der Waals surface area contributed by atoms with Gasteiger partial charge in [0.2, 0.25) is 0 Å². The Morgan fingerprint density at radius 3 is 2.82 bits per heavy atom. The monoisotopic (exact) mass is 328 g/mol. The molecule has 3 rings (SSSR count). The van der Waals surface area contributed by atoms with Gasteiger partial charge in [0, 0.05) is 18.0 Å². The average molecular weight is 328 g/mol. The van der Waals surface area contributed by atoms with Crippen LogP contribution in [0.2, 0.25) is 0 Å². The molecule has 0 atom stereocenters. The number of aryl methyl sites for hydroxylation is 3. The highest BCUT2D eigenvalue weighted by atomic mass is 32.1. The molecule has 2 heterocycles. The molecule has 22 heavy (non-hydrogen) atoms. The van der Waals surface area contributed by atoms with Gasteiger partial charge in [-0.3, -0.25) is 4.79 Å². The maximum atomic E-state index is 12.0. The molecule has 0 aliphatic heterocycles. The van der Waals surface area contributed by atoms with Gasteiger partial charge in [0.05, 0.1) is 10.2 Å². The van der Waals surface area contributed by atoms with Crippen LogP contribution in [0.1, 0.15) is 16.0 Å². The Kier molecular flexibility index (Phi) is 4.09. The van der Waals surface area contributed by atoms with Crippen molar-refractivity contribution in [2.24, 2.45) is 12.0 Å². The second kappa shape index (κ2) is 6.02. The standard InChI is InChI=1S/C17H16N2OS2/c1-11-6-8-14-16(12(11)2)19(3)17(22-14)18-15(20)9-7-13-5-4-10-21-13/h4-10H,1-3H3. The summed E-state index contributed by atoms with van der Waals surface area (Å²) in [5.74, 6) is -0.232. The van der Waals surface area contributed by atoms with E-state index in [2.05, 4.69) is 31.0 Å². The quantitative estimate of drug-likeness (QED) is 0.653. The lowest BCUT2D eigenvalue weighted by molar-refractivity contribution is -0.113. The minimum absolute atomic E-state index is 0.232. The molecule has 3 aromatic rings. The number of rotatable bonds is 2. The van der Waals surface area contributed by atoms with E-state index in [4.69, 9.17) is 0 Å². The predicted octanol–water partition coefficient (Wildman–Crippen LogP) is 4.06. The van der Waals surface area contributed by atoms with Crippen molar-refractivity contribution in [1.29, 1.82) is 0 Å². The van der Waals surface area contributed by atoms with Crippen LogP contribution in [0.5, 0.6) is 0 Å². The Hall–Kier alpha value is -1.98. The van der Waals surface area contributed by atoms with Crippen LogP contribution in [-0.4, -0.2) is 10.5 Å². The summed E-state index contributed by atoms with van der Waals surface area (Å²) >= 11 is 3.14. The lowest BCUT2D eigenvalue weighted by Crippen LogP contribution is -2.12. The maximum absolute atomic E-state index is 12.0. The zero-order valence-electron chi connectivity index (χ0n) is 12.7. The molecule has 0 N–H and O–H groups in total. The Bertz CT molecular complexity index is 928. The zero-order chi connectivity index (χ0) is 15.7. The molecule has 0 spiro atoms. The van der Waals surface area contributed by atoms with Crippen molar-refractivity contribution in [3.8, 4) is 0 Å². The van der Waals surface area contributed by atoms with Gasteiger partial charge >= 0.3 is 0 Å². The Balaban J connectivity index is 2.01. The molecule has 3 nitrogen and oxygen atoms in total. The molecule has 112 valence electrons. The summed E-state index contributed by atoms with van der Waals surface area (Å²) in [4.78, 5) is 18.0. The molecular formula is C17H16N2OS2. The largest absolute Gasteiger partial charge is 0.319 e. The predicted molar refractivity (Wildman–Crippen MR) is 94.2 cm³/mol. The lowest BCUT2D eigenvalue weighted by Gasteiger charge is -2.03. The molecule has 0 unspecified atom stereocenters. The van der Waals surface area contributed by atoms with Crippen molar-refractivity contribution in [3.05, 3.63) is 56.5 Å². The Morgan fingerprint density at radius 2 is 2.09 bits per heavy atom. The molecular weight excluding hydrogens is 312 g/mol. The number of amides is 1. The number of nitrogens with zero attached hydrogens (tertiary/aromatic N) is 2. The summed E-state index contributed by atoms with van der Waals surface area (Å²) in [6, 6.07) is 8.13. The van der Waals surface area contributed by atoms with E-state index in [9.17, 15) is 4.79 Å². The summed E-state index contributed by atoms with van der Waals surface area (Å²) in [7, 11) is 1.96. The normalized spacial score (nSPS) is 12.6. The fraction of sp³-hybridized carbons (Fsp3) is 0.176. The van der Waals surface area contributed by atoms with Crippen molar-refractivity contribution in [2.75, 3.05) is 0 Å². The number of thiazole rings is 1. The third-order valence-corrected chi connectivity index (χ3v) is 5.56. The van der Waals surface area contributed by atoms with Gasteiger partial charge in [-0.15, -0.1) is 11.3 Å². The van der Waals surface area contributed by atoms with E-state index in [1.165, 1.54) is 17.2 Å². The molecule has 0 saturated heterocycles. The van der Waals surface area contributed by atoms with Crippen LogP contribution < -0.4 is 4.80 Å². The molecule has 0 aliphatic carbocycles. The molecule has 0 fully saturated rings. The Morgan fingerprint density at radius 1 is 1.27 bits per heavy atom. The highest BCUT2D eigenvalue weighted by Crippen LogP contribution is 2.22. The number of hydrogen-bond donors (Lipinski definition) is 0. The molecule has 0 aliphatic rings. The molecule has 0 saturated carbocycles. The van der Waals surface area contributed by atoms with Crippen molar-refractivity contribution in [3.63, 3.8) is 0 Å². The van der Waals surface area contributed by atoms with Gasteiger partial charge in [-0.1, -0.05) is 23.5 Å². The summed E-state index contributed by atoms with van der Waals surface area (Å²) in [6.07, 6.45) is 3.33. The fourth-order valence-electron chi connectivity index (χ4n) is 2.31. The van der Waals surface area contributed by atoms with Gasteiger partial charge in [0.15, 0.2) is 4.80 Å². The number of hydrogen-bond acceptors (Lipinski definition) is 3. The molecule has 1 amide bonds. The third kappa shape index (κ3) is 2.82. The molecule has 1 aromatic carbocycles. The second-order valence-corrected chi connectivity index (χ2v) is 7.09. The van der Waals surface area contributed by atoms with Gasteiger partial charge in [0.25, 0.3) is 5.91 Å². The zero-order valence-corrected chi connectivity index (χ0v) is 14.3. The second-order valence-electron chi connectivity index (χ2n) is 5.10. The minimum atomic E-state index is -0.232. The van der Waals surface area contributed by atoms with Gasteiger partial charge in [-0.05, 0) is 48.6 Å². The first-order valence-corrected chi connectivity index (χ1v) is 8.62. The molecule has 5 heteroatoms. The summed E-state index contributed by atoms with van der Waals surface area (Å²) in [5.41, 5.74) is 3.63. The van der Waals surface area contributed by atoms with E-state index >= 15 is 0 Å². The molecule has 2 aromatic heterocycles. The summed E-state index contributed by atoms with van der Waals surface area (Å²) < 4.78 is 3.15. The smallest absolute Gasteiger partial charge is 0.272 e. The van der Waals surface area contributed by atoms with Crippen molar-refractivity contribution in [1.82, 2.24) is 4.57 Å². The minimum Gasteiger partial charge on any atom is -0.319 e.